The maximum absolute atomic E-state index is 12.5. The van der Waals surface area contributed by atoms with Crippen molar-refractivity contribution < 1.29 is 13.9 Å². The van der Waals surface area contributed by atoms with Crippen LogP contribution in [0.2, 0.25) is 0 Å². The van der Waals surface area contributed by atoms with Crippen LogP contribution in [0.1, 0.15) is 32.0 Å². The van der Waals surface area contributed by atoms with E-state index in [0.717, 1.165) is 18.7 Å². The van der Waals surface area contributed by atoms with E-state index in [9.17, 15) is 8.78 Å². The minimum absolute atomic E-state index is 0.130. The molecule has 0 aromatic carbocycles. The van der Waals surface area contributed by atoms with E-state index >= 15 is 0 Å². The van der Waals surface area contributed by atoms with Gasteiger partial charge in [0.2, 0.25) is 0 Å². The zero-order valence-electron chi connectivity index (χ0n) is 12.0. The van der Waals surface area contributed by atoms with E-state index in [0.29, 0.717) is 5.69 Å². The van der Waals surface area contributed by atoms with Gasteiger partial charge in [0.25, 0.3) is 6.43 Å². The molecule has 0 aliphatic carbocycles. The highest BCUT2D eigenvalue weighted by atomic mass is 19.3. The maximum Gasteiger partial charge on any atom is 0.255 e. The number of hydrogen-bond acceptors (Lipinski definition) is 4. The molecule has 1 unspecified atom stereocenters. The highest BCUT2D eigenvalue weighted by Gasteiger charge is 2.13. The second-order valence-electron chi connectivity index (χ2n) is 4.68. The Hall–Kier alpha value is -1.27. The smallest absolute Gasteiger partial charge is 0.255 e. The molecular weight excluding hydrogens is 264 g/mol. The van der Waals surface area contributed by atoms with Crippen molar-refractivity contribution in [2.24, 2.45) is 0 Å². The fourth-order valence-electron chi connectivity index (χ4n) is 1.92. The molecule has 114 valence electrons. The monoisotopic (exact) mass is 287 g/mol. The molecule has 1 rings (SSSR count). The maximum atomic E-state index is 12.5. The van der Waals surface area contributed by atoms with Crippen LogP contribution in [-0.2, 0) is 0 Å². The molecule has 2 N–H and O–H groups in total. The summed E-state index contributed by atoms with van der Waals surface area (Å²) >= 11 is 0. The second-order valence-corrected chi connectivity index (χ2v) is 4.68. The third kappa shape index (κ3) is 5.38. The molecule has 0 radical (unpaired) electrons. The topological polar surface area (TPSA) is 48.4 Å². The van der Waals surface area contributed by atoms with Gasteiger partial charge >= 0.3 is 0 Å². The van der Waals surface area contributed by atoms with Crippen LogP contribution in [0.3, 0.4) is 0 Å². The summed E-state index contributed by atoms with van der Waals surface area (Å²) in [7, 11) is 0. The molecule has 0 aliphatic heterocycles. The molecule has 0 bridgehead atoms. The van der Waals surface area contributed by atoms with Gasteiger partial charge in [-0.1, -0.05) is 6.92 Å². The van der Waals surface area contributed by atoms with Gasteiger partial charge in [0.15, 0.2) is 0 Å². The van der Waals surface area contributed by atoms with E-state index in [-0.39, 0.29) is 19.2 Å². The summed E-state index contributed by atoms with van der Waals surface area (Å²) in [5, 5.41) is 12.3. The predicted octanol–water partition coefficient (Wildman–Crippen LogP) is 2.21. The van der Waals surface area contributed by atoms with Gasteiger partial charge in [-0.05, 0) is 32.0 Å². The van der Waals surface area contributed by atoms with Gasteiger partial charge in [-0.2, -0.15) is 0 Å². The molecule has 1 aromatic rings. The van der Waals surface area contributed by atoms with Crippen LogP contribution in [-0.4, -0.2) is 42.8 Å². The lowest BCUT2D eigenvalue weighted by molar-refractivity contribution is 0.153. The molecule has 6 heteroatoms. The normalized spacial score (nSPS) is 12.7. The Labute approximate surface area is 118 Å². The van der Waals surface area contributed by atoms with Gasteiger partial charge in [0.05, 0.1) is 30.7 Å². The predicted molar refractivity (Wildman–Crippen MR) is 76.2 cm³/mol. The number of nitrogens with one attached hydrogen (secondary N) is 1. The quantitative estimate of drug-likeness (QED) is 0.731. The van der Waals surface area contributed by atoms with Crippen molar-refractivity contribution in [2.45, 2.75) is 32.7 Å². The fraction of sp³-hybridized carbons (Fsp3) is 0.643. The first kappa shape index (κ1) is 16.8. The van der Waals surface area contributed by atoms with Gasteiger partial charge in [0, 0.05) is 12.6 Å². The molecule has 0 spiro atoms. The summed E-state index contributed by atoms with van der Waals surface area (Å²) in [4.78, 5) is 5.75. The number of hydrogen-bond donors (Lipinski definition) is 2. The van der Waals surface area contributed by atoms with Gasteiger partial charge < -0.3 is 15.3 Å². The Balaban J connectivity index is 2.71. The van der Waals surface area contributed by atoms with Crippen LogP contribution >= 0.6 is 0 Å². The number of anilines is 1. The Morgan fingerprint density at radius 1 is 1.40 bits per heavy atom. The minimum atomic E-state index is -2.44. The van der Waals surface area contributed by atoms with Gasteiger partial charge in [-0.15, -0.1) is 0 Å². The number of aliphatic hydroxyl groups excluding tert-OH is 1. The molecule has 20 heavy (non-hydrogen) atoms. The molecule has 0 fully saturated rings. The fourth-order valence-corrected chi connectivity index (χ4v) is 1.92. The molecule has 0 saturated carbocycles. The summed E-state index contributed by atoms with van der Waals surface area (Å²) in [6.45, 7) is 4.63. The number of nitrogens with zero attached hydrogens (tertiary/aromatic N) is 2. The number of aromatic nitrogens is 1. The Bertz CT molecular complexity index is 373. The number of halogens is 2. The van der Waals surface area contributed by atoms with Crippen molar-refractivity contribution in [3.8, 4) is 0 Å². The third-order valence-electron chi connectivity index (χ3n) is 3.01. The standard InChI is InChI=1S/C14H23F2N3O/c1-3-6-17-11(2)13-5-4-12(9-18-13)19(7-8-20)10-14(15)16/h4-5,9,11,14,17,20H,3,6-8,10H2,1-2H3. The van der Waals surface area contributed by atoms with Crippen LogP contribution < -0.4 is 10.2 Å². The molecular formula is C14H23F2N3O. The van der Waals surface area contributed by atoms with Crippen LogP contribution in [0.25, 0.3) is 0 Å². The first-order chi connectivity index (χ1) is 9.58. The van der Waals surface area contributed by atoms with Crippen molar-refractivity contribution in [1.82, 2.24) is 10.3 Å². The van der Waals surface area contributed by atoms with Crippen LogP contribution in [0, 0.1) is 0 Å². The molecule has 4 nitrogen and oxygen atoms in total. The van der Waals surface area contributed by atoms with Crippen LogP contribution in [0.4, 0.5) is 14.5 Å². The van der Waals surface area contributed by atoms with Crippen molar-refractivity contribution >= 4 is 5.69 Å². The van der Waals surface area contributed by atoms with E-state index in [1.54, 1.807) is 12.3 Å². The van der Waals surface area contributed by atoms with Crippen molar-refractivity contribution in [3.63, 3.8) is 0 Å². The number of alkyl halides is 2. The summed E-state index contributed by atoms with van der Waals surface area (Å²) in [6, 6.07) is 3.73. The average molecular weight is 287 g/mol. The molecule has 0 aliphatic rings. The Morgan fingerprint density at radius 3 is 2.65 bits per heavy atom. The average Bonchev–Trinajstić information content (AvgIpc) is 2.44. The first-order valence-electron chi connectivity index (χ1n) is 6.91. The van der Waals surface area contributed by atoms with E-state index in [1.807, 2.05) is 13.0 Å². The summed E-state index contributed by atoms with van der Waals surface area (Å²) in [5.41, 5.74) is 1.48. The van der Waals surface area contributed by atoms with Crippen molar-refractivity contribution in [1.29, 1.82) is 0 Å². The lowest BCUT2D eigenvalue weighted by atomic mass is 10.2. The van der Waals surface area contributed by atoms with E-state index in [4.69, 9.17) is 5.11 Å². The highest BCUT2D eigenvalue weighted by molar-refractivity contribution is 5.44. The molecule has 0 saturated heterocycles. The summed E-state index contributed by atoms with van der Waals surface area (Å²) in [6.07, 6.45) is 0.185. The zero-order chi connectivity index (χ0) is 15.0. The number of pyridine rings is 1. The van der Waals surface area contributed by atoms with E-state index in [2.05, 4.69) is 17.2 Å². The summed E-state index contributed by atoms with van der Waals surface area (Å²) in [5.74, 6) is 0. The molecule has 1 aromatic heterocycles. The second kappa shape index (κ2) is 8.81. The van der Waals surface area contributed by atoms with Crippen LogP contribution in [0.15, 0.2) is 18.3 Å². The SMILES string of the molecule is CCCNC(C)c1ccc(N(CCO)CC(F)F)cn1. The largest absolute Gasteiger partial charge is 0.395 e. The van der Waals surface area contributed by atoms with E-state index in [1.165, 1.54) is 4.90 Å². The lowest BCUT2D eigenvalue weighted by Crippen LogP contribution is -2.31. The number of aliphatic hydroxyl groups is 1. The first-order valence-corrected chi connectivity index (χ1v) is 6.91. The summed E-state index contributed by atoms with van der Waals surface area (Å²) < 4.78 is 25.0. The third-order valence-corrected chi connectivity index (χ3v) is 3.01. The van der Waals surface area contributed by atoms with Crippen LogP contribution in [0.5, 0.6) is 0 Å². The highest BCUT2D eigenvalue weighted by Crippen LogP contribution is 2.17. The van der Waals surface area contributed by atoms with Gasteiger partial charge in [-0.25, -0.2) is 8.78 Å². The Morgan fingerprint density at radius 2 is 2.15 bits per heavy atom. The molecule has 1 atom stereocenters. The minimum Gasteiger partial charge on any atom is -0.395 e. The Kier molecular flexibility index (Phi) is 7.40. The van der Waals surface area contributed by atoms with Crippen molar-refractivity contribution in [3.05, 3.63) is 24.0 Å². The zero-order valence-corrected chi connectivity index (χ0v) is 12.0. The lowest BCUT2D eigenvalue weighted by Gasteiger charge is -2.23. The van der Waals surface area contributed by atoms with Gasteiger partial charge in [0.1, 0.15) is 0 Å². The molecule has 0 amide bonds. The number of rotatable bonds is 9. The van der Waals surface area contributed by atoms with Gasteiger partial charge in [-0.3, -0.25) is 4.98 Å². The van der Waals surface area contributed by atoms with Crippen molar-refractivity contribution in [2.75, 3.05) is 31.1 Å². The van der Waals surface area contributed by atoms with E-state index < -0.39 is 13.0 Å². The molecule has 1 heterocycles.